The summed E-state index contributed by atoms with van der Waals surface area (Å²) in [5.41, 5.74) is 0.555. The molecule has 1 aliphatic carbocycles. The average molecular weight is 403 g/mol. The summed E-state index contributed by atoms with van der Waals surface area (Å²) in [6.07, 6.45) is 4.41. The van der Waals surface area contributed by atoms with Gasteiger partial charge in [-0.3, -0.25) is 9.69 Å². The quantitative estimate of drug-likeness (QED) is 0.727. The molecule has 1 saturated heterocycles. The summed E-state index contributed by atoms with van der Waals surface area (Å²) in [5, 5.41) is 2.11. The minimum atomic E-state index is -0.316. The third-order valence-corrected chi connectivity index (χ3v) is 6.56. The Morgan fingerprint density at radius 1 is 1.21 bits per heavy atom. The third kappa shape index (κ3) is 4.80. The summed E-state index contributed by atoms with van der Waals surface area (Å²) in [6, 6.07) is 10.4. The molecule has 1 atom stereocenters. The Kier molecular flexibility index (Phi) is 6.40. The molecular formula is C22H27FN2O2S. The highest BCUT2D eigenvalue weighted by atomic mass is 32.1. The van der Waals surface area contributed by atoms with Crippen molar-refractivity contribution in [3.05, 3.63) is 58.0 Å². The molecule has 2 aliphatic rings. The predicted octanol–water partition coefficient (Wildman–Crippen LogP) is 4.17. The molecule has 6 heteroatoms. The zero-order valence-corrected chi connectivity index (χ0v) is 16.9. The number of amides is 1. The van der Waals surface area contributed by atoms with Crippen LogP contribution in [0.2, 0.25) is 0 Å². The largest absolute Gasteiger partial charge is 0.374 e. The first kappa shape index (κ1) is 19.6. The summed E-state index contributed by atoms with van der Waals surface area (Å²) in [4.78, 5) is 18.9. The summed E-state index contributed by atoms with van der Waals surface area (Å²) < 4.78 is 19.3. The molecule has 1 aliphatic heterocycles. The summed E-state index contributed by atoms with van der Waals surface area (Å²) in [5.74, 6) is -0.324. The van der Waals surface area contributed by atoms with E-state index in [2.05, 4.69) is 22.4 Å². The van der Waals surface area contributed by atoms with Crippen LogP contribution in [0.5, 0.6) is 0 Å². The molecule has 4 nitrogen and oxygen atoms in total. The summed E-state index contributed by atoms with van der Waals surface area (Å²) >= 11 is 1.78. The molecule has 0 unspecified atom stereocenters. The maximum atomic E-state index is 13.3. The number of carbonyl (C=O) groups is 1. The first-order valence-electron chi connectivity index (χ1n) is 10.1. The molecule has 0 spiro atoms. The number of nitrogens with zero attached hydrogens (tertiary/aromatic N) is 2. The molecule has 1 saturated carbocycles. The van der Waals surface area contributed by atoms with E-state index in [0.29, 0.717) is 18.7 Å². The second-order valence-corrected chi connectivity index (χ2v) is 8.74. The maximum Gasteiger partial charge on any atom is 0.254 e. The van der Waals surface area contributed by atoms with Gasteiger partial charge >= 0.3 is 0 Å². The van der Waals surface area contributed by atoms with Crippen molar-refractivity contribution in [1.29, 1.82) is 0 Å². The molecule has 2 aromatic rings. The fourth-order valence-corrected chi connectivity index (χ4v) is 5.00. The van der Waals surface area contributed by atoms with Crippen molar-refractivity contribution < 1.29 is 13.9 Å². The molecule has 1 aromatic carbocycles. The standard InChI is InChI=1S/C22H27FN2O2S/c23-18-9-7-17(8-10-18)22(26)25(19-4-1-2-5-19)15-20-14-24(11-12-27-20)16-21-6-3-13-28-21/h3,6-10,13,19-20H,1-2,4-5,11-12,14-16H2/t20-/m0/s1. The Balaban J connectivity index is 1.44. The number of benzene rings is 1. The number of halogens is 1. The Morgan fingerprint density at radius 2 is 2.00 bits per heavy atom. The smallest absolute Gasteiger partial charge is 0.254 e. The highest BCUT2D eigenvalue weighted by Gasteiger charge is 2.31. The van der Waals surface area contributed by atoms with E-state index in [1.807, 2.05) is 4.90 Å². The molecule has 4 rings (SSSR count). The lowest BCUT2D eigenvalue weighted by Gasteiger charge is -2.37. The number of ether oxygens (including phenoxy) is 1. The maximum absolute atomic E-state index is 13.3. The van der Waals surface area contributed by atoms with Crippen LogP contribution in [-0.4, -0.2) is 54.1 Å². The average Bonchev–Trinajstić information content (AvgIpc) is 3.41. The SMILES string of the molecule is O=C(c1ccc(F)cc1)N(C[C@@H]1CN(Cc2cccs2)CCO1)C1CCCC1. The van der Waals surface area contributed by atoms with E-state index >= 15 is 0 Å². The van der Waals surface area contributed by atoms with Crippen molar-refractivity contribution in [3.63, 3.8) is 0 Å². The van der Waals surface area contributed by atoms with E-state index in [9.17, 15) is 9.18 Å². The number of hydrogen-bond acceptors (Lipinski definition) is 4. The zero-order chi connectivity index (χ0) is 19.3. The molecule has 0 radical (unpaired) electrons. The van der Waals surface area contributed by atoms with Crippen LogP contribution in [-0.2, 0) is 11.3 Å². The van der Waals surface area contributed by atoms with Crippen molar-refractivity contribution in [1.82, 2.24) is 9.80 Å². The van der Waals surface area contributed by atoms with Crippen LogP contribution < -0.4 is 0 Å². The van der Waals surface area contributed by atoms with Crippen molar-refractivity contribution in [2.45, 2.75) is 44.4 Å². The molecule has 1 amide bonds. The minimum absolute atomic E-state index is 0.00844. The van der Waals surface area contributed by atoms with E-state index in [1.54, 1.807) is 23.5 Å². The second kappa shape index (κ2) is 9.16. The van der Waals surface area contributed by atoms with Gasteiger partial charge in [-0.05, 0) is 48.6 Å². The van der Waals surface area contributed by atoms with E-state index in [4.69, 9.17) is 4.74 Å². The highest BCUT2D eigenvalue weighted by Crippen LogP contribution is 2.26. The molecule has 1 aromatic heterocycles. The Labute approximate surface area is 169 Å². The highest BCUT2D eigenvalue weighted by molar-refractivity contribution is 7.09. The number of hydrogen-bond donors (Lipinski definition) is 0. The number of thiophene rings is 1. The van der Waals surface area contributed by atoms with Gasteiger partial charge in [-0.25, -0.2) is 4.39 Å². The van der Waals surface area contributed by atoms with E-state index in [1.165, 1.54) is 17.0 Å². The van der Waals surface area contributed by atoms with Crippen LogP contribution >= 0.6 is 11.3 Å². The summed E-state index contributed by atoms with van der Waals surface area (Å²) in [6.45, 7) is 3.98. The van der Waals surface area contributed by atoms with Crippen LogP contribution in [0, 0.1) is 5.82 Å². The molecule has 150 valence electrons. The van der Waals surface area contributed by atoms with Gasteiger partial charge in [-0.1, -0.05) is 18.9 Å². The van der Waals surface area contributed by atoms with Crippen LogP contribution in [0.15, 0.2) is 41.8 Å². The first-order valence-corrected chi connectivity index (χ1v) is 11.0. The van der Waals surface area contributed by atoms with Crippen LogP contribution in [0.4, 0.5) is 4.39 Å². The van der Waals surface area contributed by atoms with Gasteiger partial charge in [0.2, 0.25) is 0 Å². The Morgan fingerprint density at radius 3 is 2.71 bits per heavy atom. The van der Waals surface area contributed by atoms with Gasteiger partial charge in [0.15, 0.2) is 0 Å². The predicted molar refractivity (Wildman–Crippen MR) is 109 cm³/mol. The lowest BCUT2D eigenvalue weighted by molar-refractivity contribution is -0.0466. The molecule has 28 heavy (non-hydrogen) atoms. The molecule has 2 fully saturated rings. The fourth-order valence-electron chi connectivity index (χ4n) is 4.25. The first-order chi connectivity index (χ1) is 13.7. The van der Waals surface area contributed by atoms with Crippen molar-refractivity contribution in [3.8, 4) is 0 Å². The van der Waals surface area contributed by atoms with Gasteiger partial charge in [0.25, 0.3) is 5.91 Å². The normalized spacial score (nSPS) is 21.1. The Hall–Kier alpha value is -1.76. The number of rotatable bonds is 6. The van der Waals surface area contributed by atoms with E-state index < -0.39 is 0 Å². The van der Waals surface area contributed by atoms with Gasteiger partial charge in [0, 0.05) is 42.7 Å². The van der Waals surface area contributed by atoms with Crippen molar-refractivity contribution in [2.24, 2.45) is 0 Å². The van der Waals surface area contributed by atoms with E-state index in [-0.39, 0.29) is 23.9 Å². The monoisotopic (exact) mass is 402 g/mol. The summed E-state index contributed by atoms with van der Waals surface area (Å²) in [7, 11) is 0. The second-order valence-electron chi connectivity index (χ2n) is 7.71. The van der Waals surface area contributed by atoms with Crippen LogP contribution in [0.25, 0.3) is 0 Å². The topological polar surface area (TPSA) is 32.8 Å². The fraction of sp³-hybridized carbons (Fsp3) is 0.500. The van der Waals surface area contributed by atoms with Gasteiger partial charge in [0.1, 0.15) is 5.82 Å². The zero-order valence-electron chi connectivity index (χ0n) is 16.1. The Bertz CT molecular complexity index is 759. The van der Waals surface area contributed by atoms with Crippen molar-refractivity contribution in [2.75, 3.05) is 26.2 Å². The lowest BCUT2D eigenvalue weighted by atomic mass is 10.1. The van der Waals surface area contributed by atoms with Gasteiger partial charge in [0.05, 0.1) is 12.7 Å². The number of morpholine rings is 1. The van der Waals surface area contributed by atoms with Gasteiger partial charge < -0.3 is 9.64 Å². The minimum Gasteiger partial charge on any atom is -0.374 e. The molecule has 0 bridgehead atoms. The van der Waals surface area contributed by atoms with Gasteiger partial charge in [-0.15, -0.1) is 11.3 Å². The van der Waals surface area contributed by atoms with E-state index in [0.717, 1.165) is 45.3 Å². The van der Waals surface area contributed by atoms with Crippen LogP contribution in [0.3, 0.4) is 0 Å². The molecular weight excluding hydrogens is 375 g/mol. The third-order valence-electron chi connectivity index (χ3n) is 5.70. The molecule has 2 heterocycles. The number of carbonyl (C=O) groups excluding carboxylic acids is 1. The molecule has 0 N–H and O–H groups in total. The van der Waals surface area contributed by atoms with Crippen LogP contribution in [0.1, 0.15) is 40.9 Å². The van der Waals surface area contributed by atoms with Gasteiger partial charge in [-0.2, -0.15) is 0 Å². The van der Waals surface area contributed by atoms with Crippen molar-refractivity contribution >= 4 is 17.2 Å². The lowest BCUT2D eigenvalue weighted by Crippen LogP contribution is -2.50.